The van der Waals surface area contributed by atoms with E-state index < -0.39 is 7.29 Å². The van der Waals surface area contributed by atoms with Gasteiger partial charge in [0.2, 0.25) is 7.29 Å². The number of rotatable bonds is 6. The summed E-state index contributed by atoms with van der Waals surface area (Å²) in [6.07, 6.45) is 5.52. The summed E-state index contributed by atoms with van der Waals surface area (Å²) in [7, 11) is -2.79. The fourth-order valence-corrected chi connectivity index (χ4v) is 7.60. The van der Waals surface area contributed by atoms with Crippen LogP contribution < -0.4 is 0 Å². The molecule has 0 aliphatic carbocycles. The van der Waals surface area contributed by atoms with Crippen LogP contribution >= 0.6 is 7.29 Å². The molecule has 2 atom stereocenters. The first-order valence-corrected chi connectivity index (χ1v) is 11.8. The first kappa shape index (κ1) is 18.9. The molecule has 3 heteroatoms. The molecule has 0 bridgehead atoms. The molecule has 0 aromatic heterocycles. The Kier molecular flexibility index (Phi) is 5.88. The van der Waals surface area contributed by atoms with Gasteiger partial charge in [0, 0.05) is 6.21 Å². The molecule has 0 amide bonds. The lowest BCUT2D eigenvalue weighted by molar-refractivity contribution is 0.567. The number of benzene rings is 3. The third kappa shape index (κ3) is 4.03. The van der Waals surface area contributed by atoms with Crippen LogP contribution in [-0.2, 0) is 11.0 Å². The van der Waals surface area contributed by atoms with Gasteiger partial charge in [0.15, 0.2) is 0 Å². The van der Waals surface area contributed by atoms with Crippen LogP contribution in [0.3, 0.4) is 0 Å². The molecule has 142 valence electrons. The molecule has 0 radical (unpaired) electrons. The lowest BCUT2D eigenvalue weighted by atomic mass is 10.0. The van der Waals surface area contributed by atoms with Crippen LogP contribution in [0.25, 0.3) is 0 Å². The fourth-order valence-electron chi connectivity index (χ4n) is 4.24. The Hall–Kier alpha value is -2.44. The second-order valence-electron chi connectivity index (χ2n) is 7.43. The zero-order valence-corrected chi connectivity index (χ0v) is 16.9. The first-order valence-electron chi connectivity index (χ1n) is 10.0. The molecular formula is C25H26NOP. The second kappa shape index (κ2) is 8.71. The molecule has 0 N–H and O–H groups in total. The normalized spacial score (nSPS) is 21.1. The highest BCUT2D eigenvalue weighted by Gasteiger charge is 2.47. The van der Waals surface area contributed by atoms with Crippen LogP contribution in [0.1, 0.15) is 47.3 Å². The van der Waals surface area contributed by atoms with Crippen LogP contribution in [-0.4, -0.2) is 6.21 Å². The van der Waals surface area contributed by atoms with E-state index in [0.717, 1.165) is 36.8 Å². The van der Waals surface area contributed by atoms with E-state index in [2.05, 4.69) is 48.5 Å². The van der Waals surface area contributed by atoms with Crippen molar-refractivity contribution in [1.29, 1.82) is 0 Å². The van der Waals surface area contributed by atoms with E-state index in [1.165, 1.54) is 5.56 Å². The Morgan fingerprint density at radius 1 is 0.750 bits per heavy atom. The zero-order chi connectivity index (χ0) is 19.2. The predicted molar refractivity (Wildman–Crippen MR) is 118 cm³/mol. The average molecular weight is 387 g/mol. The molecule has 2 nitrogen and oxygen atoms in total. The van der Waals surface area contributed by atoms with Crippen molar-refractivity contribution in [3.63, 3.8) is 0 Å². The van der Waals surface area contributed by atoms with Crippen LogP contribution in [0, 0.1) is 0 Å². The molecule has 1 aliphatic rings. The lowest BCUT2D eigenvalue weighted by Crippen LogP contribution is -1.98. The molecule has 1 aliphatic heterocycles. The predicted octanol–water partition coefficient (Wildman–Crippen LogP) is 7.24. The summed E-state index contributed by atoms with van der Waals surface area (Å²) < 4.78 is 19.1. The van der Waals surface area contributed by atoms with Gasteiger partial charge in [-0.1, -0.05) is 91.0 Å². The van der Waals surface area contributed by atoms with Crippen molar-refractivity contribution in [1.82, 2.24) is 0 Å². The summed E-state index contributed by atoms with van der Waals surface area (Å²) in [6, 6.07) is 31.0. The lowest BCUT2D eigenvalue weighted by Gasteiger charge is -2.23. The summed E-state index contributed by atoms with van der Waals surface area (Å²) in [5.41, 5.74) is 3.64. The highest BCUT2D eigenvalue weighted by Crippen LogP contribution is 2.77. The van der Waals surface area contributed by atoms with Gasteiger partial charge in [-0.15, -0.1) is 0 Å². The van der Waals surface area contributed by atoms with E-state index in [9.17, 15) is 4.57 Å². The van der Waals surface area contributed by atoms with Crippen molar-refractivity contribution in [2.75, 3.05) is 0 Å². The van der Waals surface area contributed by atoms with Crippen molar-refractivity contribution >= 4 is 13.5 Å². The summed E-state index contributed by atoms with van der Waals surface area (Å²) in [4.78, 5) is 0. The largest absolute Gasteiger partial charge is 0.297 e. The summed E-state index contributed by atoms with van der Waals surface area (Å²) in [5.74, 6) is 0. The van der Waals surface area contributed by atoms with Crippen LogP contribution in [0.4, 0.5) is 0 Å². The standard InChI is InChI=1S/C25H26NOP/c27-28(26-20-10-13-21-11-4-1-5-12-21)24(22-14-6-2-7-15-22)18-19-25(28)23-16-8-3-9-17-23/h1-9,11-12,14-17,20,24-25H,10,13,18-19H2/b26-20+/t24-,25-/m0/s1. The number of nitrogens with zero attached hydrogens (tertiary/aromatic N) is 1. The van der Waals surface area contributed by atoms with E-state index in [4.69, 9.17) is 4.76 Å². The molecule has 1 fully saturated rings. The fraction of sp³-hybridized carbons (Fsp3) is 0.240. The minimum atomic E-state index is -2.79. The quantitative estimate of drug-likeness (QED) is 0.324. The van der Waals surface area contributed by atoms with Gasteiger partial charge in [0.25, 0.3) is 0 Å². The average Bonchev–Trinajstić information content (AvgIpc) is 3.10. The molecule has 0 saturated carbocycles. The maximum atomic E-state index is 14.3. The van der Waals surface area contributed by atoms with E-state index >= 15 is 0 Å². The van der Waals surface area contributed by atoms with Crippen LogP contribution in [0.15, 0.2) is 95.8 Å². The molecule has 3 aromatic carbocycles. The van der Waals surface area contributed by atoms with Gasteiger partial charge >= 0.3 is 0 Å². The Labute approximate surface area is 167 Å². The third-order valence-corrected chi connectivity index (χ3v) is 9.07. The Morgan fingerprint density at radius 3 is 1.71 bits per heavy atom. The van der Waals surface area contributed by atoms with Crippen molar-refractivity contribution < 1.29 is 4.57 Å². The van der Waals surface area contributed by atoms with Crippen molar-refractivity contribution in [3.8, 4) is 0 Å². The van der Waals surface area contributed by atoms with Gasteiger partial charge in [-0.05, 0) is 42.4 Å². The monoisotopic (exact) mass is 387 g/mol. The summed E-state index contributed by atoms with van der Waals surface area (Å²) in [6.45, 7) is 0. The van der Waals surface area contributed by atoms with Gasteiger partial charge in [-0.3, -0.25) is 4.57 Å². The van der Waals surface area contributed by atoms with E-state index in [1.54, 1.807) is 0 Å². The summed E-state index contributed by atoms with van der Waals surface area (Å²) >= 11 is 0. The second-order valence-corrected chi connectivity index (χ2v) is 10.2. The SMILES string of the molecule is O=P1(/N=C/CCc2ccccc2)[C@H](c2ccccc2)CC[C@H]1c1ccccc1. The minimum absolute atomic E-state index is 0.0203. The highest BCUT2D eigenvalue weighted by atomic mass is 31.2. The topological polar surface area (TPSA) is 29.4 Å². The minimum Gasteiger partial charge on any atom is -0.297 e. The first-order chi connectivity index (χ1) is 13.8. The maximum Gasteiger partial charge on any atom is 0.204 e. The van der Waals surface area contributed by atoms with Crippen LogP contribution in [0.5, 0.6) is 0 Å². The summed E-state index contributed by atoms with van der Waals surface area (Å²) in [5, 5.41) is 0. The van der Waals surface area contributed by atoms with E-state index in [1.807, 2.05) is 48.7 Å². The van der Waals surface area contributed by atoms with Gasteiger partial charge in [-0.2, -0.15) is 0 Å². The van der Waals surface area contributed by atoms with Crippen LogP contribution in [0.2, 0.25) is 0 Å². The van der Waals surface area contributed by atoms with Gasteiger partial charge < -0.3 is 0 Å². The number of hydrogen-bond donors (Lipinski definition) is 0. The van der Waals surface area contributed by atoms with Gasteiger partial charge in [0.05, 0.1) is 11.3 Å². The molecule has 1 heterocycles. The number of hydrogen-bond acceptors (Lipinski definition) is 1. The molecule has 1 saturated heterocycles. The highest BCUT2D eigenvalue weighted by molar-refractivity contribution is 7.63. The third-order valence-electron chi connectivity index (χ3n) is 5.64. The van der Waals surface area contributed by atoms with Crippen molar-refractivity contribution in [2.24, 2.45) is 4.76 Å². The Morgan fingerprint density at radius 2 is 1.21 bits per heavy atom. The smallest absolute Gasteiger partial charge is 0.204 e. The molecule has 3 aromatic rings. The van der Waals surface area contributed by atoms with Gasteiger partial charge in [0.1, 0.15) is 0 Å². The molecule has 28 heavy (non-hydrogen) atoms. The van der Waals surface area contributed by atoms with Crippen molar-refractivity contribution in [2.45, 2.75) is 37.0 Å². The number of aryl methyl sites for hydroxylation is 1. The zero-order valence-electron chi connectivity index (χ0n) is 16.0. The van der Waals surface area contributed by atoms with Crippen molar-refractivity contribution in [3.05, 3.63) is 108 Å². The Bertz CT molecular complexity index is 902. The van der Waals surface area contributed by atoms with E-state index in [0.29, 0.717) is 0 Å². The Balaban J connectivity index is 1.60. The maximum absolute atomic E-state index is 14.3. The molecule has 0 unspecified atom stereocenters. The molecular weight excluding hydrogens is 361 g/mol. The van der Waals surface area contributed by atoms with E-state index in [-0.39, 0.29) is 11.3 Å². The molecule has 4 rings (SSSR count). The molecule has 0 spiro atoms. The van der Waals surface area contributed by atoms with Gasteiger partial charge in [-0.25, -0.2) is 4.76 Å².